The standard InChI is InChI=1S/C22H18N4O3/c1-29-17-12-10-15(11-13-17)23-20-18-4-2-3-5-19(18)25-22(26-20)24-16-8-6-14(7-9-16)21(27)28/h2-13H,1H3,(H,27,28)(H2,23,24,25,26). The Kier molecular flexibility index (Phi) is 4.94. The molecule has 0 aliphatic rings. The normalized spacial score (nSPS) is 10.5. The van der Waals surface area contributed by atoms with Gasteiger partial charge in [0, 0.05) is 16.8 Å². The minimum atomic E-state index is -0.968. The van der Waals surface area contributed by atoms with Crippen molar-refractivity contribution in [1.82, 2.24) is 9.97 Å². The van der Waals surface area contributed by atoms with Crippen LogP contribution in [-0.2, 0) is 0 Å². The molecule has 0 saturated heterocycles. The highest BCUT2D eigenvalue weighted by Crippen LogP contribution is 2.27. The lowest BCUT2D eigenvalue weighted by atomic mass is 10.2. The zero-order valence-corrected chi connectivity index (χ0v) is 15.6. The zero-order chi connectivity index (χ0) is 20.2. The number of nitrogens with zero attached hydrogens (tertiary/aromatic N) is 2. The van der Waals surface area contributed by atoms with Crippen molar-refractivity contribution in [3.63, 3.8) is 0 Å². The largest absolute Gasteiger partial charge is 0.497 e. The number of carboxylic acid groups (broad SMARTS) is 1. The van der Waals surface area contributed by atoms with E-state index in [2.05, 4.69) is 20.6 Å². The number of ether oxygens (including phenoxy) is 1. The van der Waals surface area contributed by atoms with E-state index in [-0.39, 0.29) is 5.56 Å². The van der Waals surface area contributed by atoms with Gasteiger partial charge in [0.05, 0.1) is 18.2 Å². The Labute approximate surface area is 167 Å². The van der Waals surface area contributed by atoms with E-state index < -0.39 is 5.97 Å². The Bertz CT molecular complexity index is 1160. The molecule has 0 aliphatic carbocycles. The van der Waals surface area contributed by atoms with Gasteiger partial charge >= 0.3 is 5.97 Å². The third-order valence-electron chi connectivity index (χ3n) is 4.34. The number of para-hydroxylation sites is 1. The number of aromatic nitrogens is 2. The van der Waals surface area contributed by atoms with Crippen LogP contribution >= 0.6 is 0 Å². The lowest BCUT2D eigenvalue weighted by Crippen LogP contribution is -2.03. The predicted molar refractivity (Wildman–Crippen MR) is 112 cm³/mol. The molecule has 3 aromatic carbocycles. The van der Waals surface area contributed by atoms with Crippen molar-refractivity contribution in [1.29, 1.82) is 0 Å². The van der Waals surface area contributed by atoms with Gasteiger partial charge in [-0.05, 0) is 60.7 Å². The minimum absolute atomic E-state index is 0.219. The molecular weight excluding hydrogens is 368 g/mol. The molecule has 0 bridgehead atoms. The molecule has 29 heavy (non-hydrogen) atoms. The van der Waals surface area contributed by atoms with E-state index in [0.717, 1.165) is 22.3 Å². The first-order valence-corrected chi connectivity index (χ1v) is 8.90. The fraction of sp³-hybridized carbons (Fsp3) is 0.0455. The zero-order valence-electron chi connectivity index (χ0n) is 15.6. The number of carbonyl (C=O) groups is 1. The van der Waals surface area contributed by atoms with Crippen molar-refractivity contribution in [2.24, 2.45) is 0 Å². The molecule has 4 aromatic rings. The molecular formula is C22H18N4O3. The Morgan fingerprint density at radius 3 is 2.21 bits per heavy atom. The molecule has 1 aromatic heterocycles. The Hall–Kier alpha value is -4.13. The molecule has 7 nitrogen and oxygen atoms in total. The summed E-state index contributed by atoms with van der Waals surface area (Å²) < 4.78 is 5.20. The Balaban J connectivity index is 1.67. The average Bonchev–Trinajstić information content (AvgIpc) is 2.75. The maximum Gasteiger partial charge on any atom is 0.335 e. The number of hydrogen-bond acceptors (Lipinski definition) is 6. The third kappa shape index (κ3) is 4.08. The molecule has 0 amide bonds. The summed E-state index contributed by atoms with van der Waals surface area (Å²) >= 11 is 0. The number of rotatable bonds is 6. The van der Waals surface area contributed by atoms with Crippen LogP contribution in [0, 0.1) is 0 Å². The summed E-state index contributed by atoms with van der Waals surface area (Å²) in [5.41, 5.74) is 2.56. The van der Waals surface area contributed by atoms with Gasteiger partial charge in [-0.1, -0.05) is 12.1 Å². The first kappa shape index (κ1) is 18.2. The molecule has 7 heteroatoms. The van der Waals surface area contributed by atoms with Gasteiger partial charge < -0.3 is 20.5 Å². The summed E-state index contributed by atoms with van der Waals surface area (Å²) in [6.07, 6.45) is 0. The number of methoxy groups -OCH3 is 1. The first-order valence-electron chi connectivity index (χ1n) is 8.90. The van der Waals surface area contributed by atoms with E-state index in [1.54, 1.807) is 19.2 Å². The van der Waals surface area contributed by atoms with Gasteiger partial charge in [0.15, 0.2) is 0 Å². The molecule has 3 N–H and O–H groups in total. The second kappa shape index (κ2) is 7.85. The Morgan fingerprint density at radius 1 is 0.862 bits per heavy atom. The van der Waals surface area contributed by atoms with Crippen LogP contribution < -0.4 is 15.4 Å². The fourth-order valence-corrected chi connectivity index (χ4v) is 2.86. The van der Waals surface area contributed by atoms with Crippen LogP contribution in [0.3, 0.4) is 0 Å². The van der Waals surface area contributed by atoms with Crippen LogP contribution in [0.1, 0.15) is 10.4 Å². The number of anilines is 4. The summed E-state index contributed by atoms with van der Waals surface area (Å²) in [7, 11) is 1.63. The molecule has 0 radical (unpaired) electrons. The lowest BCUT2D eigenvalue weighted by Gasteiger charge is -2.12. The molecule has 4 rings (SSSR count). The van der Waals surface area contributed by atoms with E-state index >= 15 is 0 Å². The maximum atomic E-state index is 11.0. The highest BCUT2D eigenvalue weighted by molar-refractivity contribution is 5.92. The molecule has 144 valence electrons. The number of fused-ring (bicyclic) bond motifs is 1. The number of carboxylic acids is 1. The van der Waals surface area contributed by atoms with Crippen molar-refractivity contribution in [2.45, 2.75) is 0 Å². The molecule has 0 spiro atoms. The van der Waals surface area contributed by atoms with Crippen molar-refractivity contribution >= 4 is 40.0 Å². The van der Waals surface area contributed by atoms with Crippen LogP contribution in [0.4, 0.5) is 23.1 Å². The number of hydrogen-bond donors (Lipinski definition) is 3. The van der Waals surface area contributed by atoms with E-state index in [1.807, 2.05) is 48.5 Å². The van der Waals surface area contributed by atoms with Gasteiger partial charge in [0.2, 0.25) is 5.95 Å². The second-order valence-corrected chi connectivity index (χ2v) is 6.27. The predicted octanol–water partition coefficient (Wildman–Crippen LogP) is 4.82. The average molecular weight is 386 g/mol. The summed E-state index contributed by atoms with van der Waals surface area (Å²) in [5.74, 6) is 0.868. The van der Waals surface area contributed by atoms with E-state index in [0.29, 0.717) is 17.5 Å². The van der Waals surface area contributed by atoms with Gasteiger partial charge in [0.1, 0.15) is 11.6 Å². The van der Waals surface area contributed by atoms with Crippen LogP contribution in [0.2, 0.25) is 0 Å². The van der Waals surface area contributed by atoms with Crippen molar-refractivity contribution in [3.8, 4) is 5.75 Å². The van der Waals surface area contributed by atoms with Crippen LogP contribution in [-0.4, -0.2) is 28.2 Å². The van der Waals surface area contributed by atoms with Gasteiger partial charge in [0.25, 0.3) is 0 Å². The van der Waals surface area contributed by atoms with E-state index in [1.165, 1.54) is 12.1 Å². The minimum Gasteiger partial charge on any atom is -0.497 e. The lowest BCUT2D eigenvalue weighted by molar-refractivity contribution is 0.0697. The van der Waals surface area contributed by atoms with E-state index in [4.69, 9.17) is 9.84 Å². The van der Waals surface area contributed by atoms with Crippen molar-refractivity contribution in [2.75, 3.05) is 17.7 Å². The molecule has 0 aliphatic heterocycles. The highest BCUT2D eigenvalue weighted by atomic mass is 16.5. The summed E-state index contributed by atoms with van der Waals surface area (Å²) in [6, 6.07) is 21.7. The molecule has 1 heterocycles. The van der Waals surface area contributed by atoms with Crippen LogP contribution in [0.5, 0.6) is 5.75 Å². The van der Waals surface area contributed by atoms with Gasteiger partial charge in [-0.15, -0.1) is 0 Å². The van der Waals surface area contributed by atoms with Crippen LogP contribution in [0.15, 0.2) is 72.8 Å². The summed E-state index contributed by atoms with van der Waals surface area (Å²) in [6.45, 7) is 0. The van der Waals surface area contributed by atoms with E-state index in [9.17, 15) is 4.79 Å². The van der Waals surface area contributed by atoms with Gasteiger partial charge in [-0.2, -0.15) is 4.98 Å². The number of aromatic carboxylic acids is 1. The SMILES string of the molecule is COc1ccc(Nc2nc(Nc3ccc(C(=O)O)cc3)nc3ccccc23)cc1. The van der Waals surface area contributed by atoms with Crippen LogP contribution in [0.25, 0.3) is 10.9 Å². The molecule has 0 atom stereocenters. The topological polar surface area (TPSA) is 96.4 Å². The third-order valence-corrected chi connectivity index (χ3v) is 4.34. The highest BCUT2D eigenvalue weighted by Gasteiger charge is 2.09. The molecule has 0 saturated carbocycles. The first-order chi connectivity index (χ1) is 14.1. The van der Waals surface area contributed by atoms with Crippen molar-refractivity contribution < 1.29 is 14.6 Å². The summed E-state index contributed by atoms with van der Waals surface area (Å²) in [4.78, 5) is 20.2. The second-order valence-electron chi connectivity index (χ2n) is 6.27. The molecule has 0 unspecified atom stereocenters. The van der Waals surface area contributed by atoms with Gasteiger partial charge in [-0.3, -0.25) is 0 Å². The quantitative estimate of drug-likeness (QED) is 0.437. The maximum absolute atomic E-state index is 11.0. The molecule has 0 fully saturated rings. The monoisotopic (exact) mass is 386 g/mol. The smallest absolute Gasteiger partial charge is 0.335 e. The fourth-order valence-electron chi connectivity index (χ4n) is 2.86. The number of nitrogens with one attached hydrogen (secondary N) is 2. The Morgan fingerprint density at radius 2 is 1.52 bits per heavy atom. The van der Waals surface area contributed by atoms with Crippen molar-refractivity contribution in [3.05, 3.63) is 78.4 Å². The summed E-state index contributed by atoms with van der Waals surface area (Å²) in [5, 5.41) is 16.4. The van der Waals surface area contributed by atoms with Gasteiger partial charge in [-0.25, -0.2) is 9.78 Å². The number of benzene rings is 3.